The molecule has 0 saturated carbocycles. The fourth-order valence-corrected chi connectivity index (χ4v) is 2.66. The fourth-order valence-electron chi connectivity index (χ4n) is 2.47. The minimum atomic E-state index is -0.571. The van der Waals surface area contributed by atoms with Gasteiger partial charge in [0.1, 0.15) is 0 Å². The number of amides is 2. The maximum absolute atomic E-state index is 12.3. The number of anilines is 1. The lowest BCUT2D eigenvalue weighted by Crippen LogP contribution is -2.18. The Morgan fingerprint density at radius 3 is 2.37 bits per heavy atom. The Labute approximate surface area is 176 Å². The number of carbonyl (C=O) groups is 2. The number of rotatable bonds is 6. The number of hydrogen-bond donors (Lipinski definition) is 2. The summed E-state index contributed by atoms with van der Waals surface area (Å²) in [5, 5.41) is 17.8. The predicted octanol–water partition coefficient (Wildman–Crippen LogP) is 4.26. The van der Waals surface area contributed by atoms with Gasteiger partial charge in [-0.15, -0.1) is 0 Å². The summed E-state index contributed by atoms with van der Waals surface area (Å²) in [5.74, 6) is -0.935. The van der Waals surface area contributed by atoms with Crippen molar-refractivity contribution in [1.29, 1.82) is 0 Å². The highest BCUT2D eigenvalue weighted by Crippen LogP contribution is 2.16. The van der Waals surface area contributed by atoms with Crippen molar-refractivity contribution in [1.82, 2.24) is 5.43 Å². The van der Waals surface area contributed by atoms with Crippen molar-refractivity contribution < 1.29 is 14.5 Å². The van der Waals surface area contributed by atoms with Crippen LogP contribution in [0.4, 0.5) is 11.4 Å². The van der Waals surface area contributed by atoms with Crippen molar-refractivity contribution in [3.63, 3.8) is 0 Å². The van der Waals surface area contributed by atoms with Crippen LogP contribution < -0.4 is 10.7 Å². The maximum atomic E-state index is 12.3. The van der Waals surface area contributed by atoms with E-state index < -0.39 is 16.7 Å². The third kappa shape index (κ3) is 5.27. The quantitative estimate of drug-likeness (QED) is 0.351. The first kappa shape index (κ1) is 20.7. The normalized spacial score (nSPS) is 10.6. The van der Waals surface area contributed by atoms with E-state index >= 15 is 0 Å². The predicted molar refractivity (Wildman–Crippen MR) is 114 cm³/mol. The number of hydrazone groups is 1. The van der Waals surface area contributed by atoms with Crippen molar-refractivity contribution in [2.45, 2.75) is 0 Å². The van der Waals surface area contributed by atoms with E-state index in [-0.39, 0.29) is 11.3 Å². The molecular formula is C21H15ClN4O4. The van der Waals surface area contributed by atoms with Crippen molar-refractivity contribution >= 4 is 41.0 Å². The zero-order valence-electron chi connectivity index (χ0n) is 15.4. The van der Waals surface area contributed by atoms with Crippen LogP contribution in [0.5, 0.6) is 0 Å². The molecule has 0 unspecified atom stereocenters. The van der Waals surface area contributed by atoms with Crippen LogP contribution in [0.25, 0.3) is 0 Å². The van der Waals surface area contributed by atoms with Gasteiger partial charge in [0.15, 0.2) is 0 Å². The van der Waals surface area contributed by atoms with Gasteiger partial charge in [0.2, 0.25) is 0 Å². The second-order valence-corrected chi connectivity index (χ2v) is 6.47. The highest BCUT2D eigenvalue weighted by atomic mass is 35.5. The van der Waals surface area contributed by atoms with Gasteiger partial charge < -0.3 is 5.32 Å². The minimum Gasteiger partial charge on any atom is -0.322 e. The number of benzene rings is 3. The Bertz CT molecular complexity index is 1130. The Balaban J connectivity index is 1.61. The summed E-state index contributed by atoms with van der Waals surface area (Å²) in [6.45, 7) is 0. The minimum absolute atomic E-state index is 0.153. The van der Waals surface area contributed by atoms with Crippen molar-refractivity contribution in [2.75, 3.05) is 5.32 Å². The van der Waals surface area contributed by atoms with Crippen molar-refractivity contribution in [3.05, 3.63) is 105 Å². The van der Waals surface area contributed by atoms with Crippen LogP contribution in [0, 0.1) is 10.1 Å². The summed E-state index contributed by atoms with van der Waals surface area (Å²) in [7, 11) is 0. The third-order valence-corrected chi connectivity index (χ3v) is 4.34. The summed E-state index contributed by atoms with van der Waals surface area (Å²) in [6.07, 6.45) is 1.44. The molecule has 30 heavy (non-hydrogen) atoms. The van der Waals surface area contributed by atoms with Gasteiger partial charge in [-0.2, -0.15) is 5.10 Å². The lowest BCUT2D eigenvalue weighted by Gasteiger charge is -2.06. The van der Waals surface area contributed by atoms with Gasteiger partial charge >= 0.3 is 0 Å². The standard InChI is InChI=1S/C21H15ClN4O4/c22-19-7-2-1-4-16(19)13-23-25-21(28)14-8-10-17(11-9-14)24-20(27)15-5-3-6-18(12-15)26(29)30/h1-13H,(H,24,27)(H,25,28)/b23-13-. The lowest BCUT2D eigenvalue weighted by molar-refractivity contribution is -0.384. The molecule has 9 heteroatoms. The van der Waals surface area contributed by atoms with E-state index in [1.54, 1.807) is 36.4 Å². The van der Waals surface area contributed by atoms with E-state index in [2.05, 4.69) is 15.8 Å². The average Bonchev–Trinajstić information content (AvgIpc) is 2.75. The molecule has 0 bridgehead atoms. The number of nitro benzene ring substituents is 1. The molecule has 3 rings (SSSR count). The molecule has 0 radical (unpaired) electrons. The van der Waals surface area contributed by atoms with Gasteiger partial charge in [0.25, 0.3) is 17.5 Å². The molecule has 0 atom stereocenters. The van der Waals surface area contributed by atoms with Gasteiger partial charge in [-0.1, -0.05) is 35.9 Å². The molecule has 0 aliphatic rings. The summed E-state index contributed by atoms with van der Waals surface area (Å²) in [6, 6.07) is 18.6. The first-order valence-corrected chi connectivity index (χ1v) is 9.05. The molecule has 0 aliphatic heterocycles. The third-order valence-electron chi connectivity index (χ3n) is 4.00. The highest BCUT2D eigenvalue weighted by molar-refractivity contribution is 6.33. The molecule has 0 fully saturated rings. The first-order chi connectivity index (χ1) is 14.4. The monoisotopic (exact) mass is 422 g/mol. The molecule has 0 heterocycles. The molecule has 2 amide bonds. The van der Waals surface area contributed by atoms with Gasteiger partial charge in [-0.3, -0.25) is 19.7 Å². The van der Waals surface area contributed by atoms with E-state index in [0.717, 1.165) is 0 Å². The zero-order chi connectivity index (χ0) is 21.5. The smallest absolute Gasteiger partial charge is 0.271 e. The largest absolute Gasteiger partial charge is 0.322 e. The molecule has 0 saturated heterocycles. The Morgan fingerprint density at radius 2 is 1.67 bits per heavy atom. The molecule has 0 aromatic heterocycles. The van der Waals surface area contributed by atoms with Crippen LogP contribution in [0.1, 0.15) is 26.3 Å². The van der Waals surface area contributed by atoms with Crippen LogP contribution in [0.2, 0.25) is 5.02 Å². The second-order valence-electron chi connectivity index (χ2n) is 6.06. The SMILES string of the molecule is O=C(N/N=C\c1ccccc1Cl)c1ccc(NC(=O)c2cccc([N+](=O)[O-])c2)cc1. The molecule has 3 aromatic rings. The fraction of sp³-hybridized carbons (Fsp3) is 0. The summed E-state index contributed by atoms with van der Waals surface area (Å²) in [5.41, 5.74) is 3.81. The number of nitro groups is 1. The Kier molecular flexibility index (Phi) is 6.51. The number of non-ortho nitro benzene ring substituents is 1. The molecule has 0 spiro atoms. The van der Waals surface area contributed by atoms with Gasteiger partial charge in [-0.25, -0.2) is 5.43 Å². The maximum Gasteiger partial charge on any atom is 0.271 e. The molecular weight excluding hydrogens is 408 g/mol. The van der Waals surface area contributed by atoms with Crippen LogP contribution in [0.3, 0.4) is 0 Å². The Hall–Kier alpha value is -4.04. The van der Waals surface area contributed by atoms with Gasteiger partial charge in [-0.05, 0) is 36.4 Å². The van der Waals surface area contributed by atoms with Gasteiger partial charge in [0, 0.05) is 39.5 Å². The number of nitrogens with zero attached hydrogens (tertiary/aromatic N) is 2. The molecule has 2 N–H and O–H groups in total. The van der Waals surface area contributed by atoms with Crippen LogP contribution in [-0.2, 0) is 0 Å². The van der Waals surface area contributed by atoms with E-state index in [9.17, 15) is 19.7 Å². The van der Waals surface area contributed by atoms with E-state index in [1.165, 1.54) is 42.6 Å². The van der Waals surface area contributed by atoms with Crippen LogP contribution in [-0.4, -0.2) is 23.0 Å². The van der Waals surface area contributed by atoms with Crippen molar-refractivity contribution in [3.8, 4) is 0 Å². The summed E-state index contributed by atoms with van der Waals surface area (Å²) in [4.78, 5) is 34.7. The summed E-state index contributed by atoms with van der Waals surface area (Å²) < 4.78 is 0. The van der Waals surface area contributed by atoms with E-state index in [1.807, 2.05) is 0 Å². The molecule has 8 nitrogen and oxygen atoms in total. The first-order valence-electron chi connectivity index (χ1n) is 8.68. The molecule has 3 aromatic carbocycles. The number of halogens is 1. The van der Waals surface area contributed by atoms with E-state index in [4.69, 9.17) is 11.6 Å². The topological polar surface area (TPSA) is 114 Å². The summed E-state index contributed by atoms with van der Waals surface area (Å²) >= 11 is 6.01. The molecule has 0 aliphatic carbocycles. The number of hydrogen-bond acceptors (Lipinski definition) is 5. The van der Waals surface area contributed by atoms with Crippen LogP contribution >= 0.6 is 11.6 Å². The number of carbonyl (C=O) groups excluding carboxylic acids is 2. The van der Waals surface area contributed by atoms with E-state index in [0.29, 0.717) is 21.8 Å². The number of nitrogens with one attached hydrogen (secondary N) is 2. The second kappa shape index (κ2) is 9.44. The Morgan fingerprint density at radius 1 is 0.933 bits per heavy atom. The van der Waals surface area contributed by atoms with Crippen LogP contribution in [0.15, 0.2) is 77.9 Å². The van der Waals surface area contributed by atoms with Gasteiger partial charge in [0.05, 0.1) is 11.1 Å². The molecule has 150 valence electrons. The average molecular weight is 423 g/mol. The lowest BCUT2D eigenvalue weighted by atomic mass is 10.1. The van der Waals surface area contributed by atoms with Crippen molar-refractivity contribution in [2.24, 2.45) is 5.10 Å². The highest BCUT2D eigenvalue weighted by Gasteiger charge is 2.12. The zero-order valence-corrected chi connectivity index (χ0v) is 16.2.